The molecule has 76 valence electrons. The summed E-state index contributed by atoms with van der Waals surface area (Å²) >= 11 is 0. The van der Waals surface area contributed by atoms with Crippen LogP contribution < -0.4 is 5.32 Å². The number of nitrogens with one attached hydrogen (secondary N) is 1. The first-order chi connectivity index (χ1) is 6.43. The summed E-state index contributed by atoms with van der Waals surface area (Å²) in [5.74, 6) is 0. The van der Waals surface area contributed by atoms with E-state index in [0.717, 1.165) is 26.2 Å². The normalized spacial score (nSPS) is 24.8. The summed E-state index contributed by atoms with van der Waals surface area (Å²) in [6.45, 7) is 5.06. The number of allylic oxidation sites excluding steroid dienone is 1. The second kappa shape index (κ2) is 7.10. The summed E-state index contributed by atoms with van der Waals surface area (Å²) < 4.78 is 5.40. The van der Waals surface area contributed by atoms with Crippen LogP contribution in [0.15, 0.2) is 12.2 Å². The summed E-state index contributed by atoms with van der Waals surface area (Å²) in [5.41, 5.74) is 0. The van der Waals surface area contributed by atoms with E-state index in [0.29, 0.717) is 6.04 Å². The highest BCUT2D eigenvalue weighted by atomic mass is 16.5. The van der Waals surface area contributed by atoms with E-state index in [2.05, 4.69) is 24.4 Å². The van der Waals surface area contributed by atoms with Crippen LogP contribution >= 0.6 is 0 Å². The third-order valence-electron chi connectivity index (χ3n) is 2.43. The van der Waals surface area contributed by atoms with E-state index in [1.165, 1.54) is 19.3 Å². The molecule has 13 heavy (non-hydrogen) atoms. The van der Waals surface area contributed by atoms with E-state index >= 15 is 0 Å². The monoisotopic (exact) mass is 183 g/mol. The number of ether oxygens (including phenoxy) is 1. The molecule has 0 bridgehead atoms. The maximum absolute atomic E-state index is 5.40. The zero-order valence-electron chi connectivity index (χ0n) is 8.59. The van der Waals surface area contributed by atoms with Crippen molar-refractivity contribution < 1.29 is 4.74 Å². The first-order valence-electron chi connectivity index (χ1n) is 5.36. The van der Waals surface area contributed by atoms with Crippen LogP contribution in [-0.4, -0.2) is 25.8 Å². The largest absolute Gasteiger partial charge is 0.381 e. The third kappa shape index (κ3) is 5.06. The molecule has 1 heterocycles. The van der Waals surface area contributed by atoms with E-state index in [9.17, 15) is 0 Å². The SMILES string of the molecule is C/C=C/CCNC1CCCOCC1. The second-order valence-electron chi connectivity index (χ2n) is 3.55. The minimum absolute atomic E-state index is 0.688. The Balaban J connectivity index is 2.04. The fourth-order valence-corrected chi connectivity index (χ4v) is 1.65. The molecule has 0 aromatic heterocycles. The fraction of sp³-hybridized carbons (Fsp3) is 0.818. The lowest BCUT2D eigenvalue weighted by molar-refractivity contribution is 0.142. The smallest absolute Gasteiger partial charge is 0.0480 e. The topological polar surface area (TPSA) is 21.3 Å². The molecule has 0 saturated carbocycles. The van der Waals surface area contributed by atoms with Gasteiger partial charge in [0, 0.05) is 19.3 Å². The van der Waals surface area contributed by atoms with Crippen LogP contribution in [0.2, 0.25) is 0 Å². The van der Waals surface area contributed by atoms with Crippen LogP contribution in [0, 0.1) is 0 Å². The van der Waals surface area contributed by atoms with Gasteiger partial charge >= 0.3 is 0 Å². The zero-order valence-corrected chi connectivity index (χ0v) is 8.59. The van der Waals surface area contributed by atoms with Crippen molar-refractivity contribution in [3.63, 3.8) is 0 Å². The van der Waals surface area contributed by atoms with Crippen molar-refractivity contribution >= 4 is 0 Å². The molecule has 0 aliphatic carbocycles. The van der Waals surface area contributed by atoms with E-state index in [1.54, 1.807) is 0 Å². The Bertz CT molecular complexity index is 137. The van der Waals surface area contributed by atoms with Gasteiger partial charge in [-0.05, 0) is 39.2 Å². The molecule has 1 saturated heterocycles. The molecule has 0 radical (unpaired) electrons. The Labute approximate surface area is 81.4 Å². The van der Waals surface area contributed by atoms with Gasteiger partial charge in [0.15, 0.2) is 0 Å². The summed E-state index contributed by atoms with van der Waals surface area (Å²) in [6, 6.07) is 0.688. The number of hydrogen-bond donors (Lipinski definition) is 1. The molecule has 1 aliphatic heterocycles. The van der Waals surface area contributed by atoms with Crippen LogP contribution in [-0.2, 0) is 4.74 Å². The number of hydrogen-bond acceptors (Lipinski definition) is 2. The van der Waals surface area contributed by atoms with Gasteiger partial charge in [-0.1, -0.05) is 12.2 Å². The van der Waals surface area contributed by atoms with E-state index < -0.39 is 0 Å². The average molecular weight is 183 g/mol. The summed E-state index contributed by atoms with van der Waals surface area (Å²) in [6.07, 6.45) is 9.12. The molecule has 1 fully saturated rings. The van der Waals surface area contributed by atoms with Crippen molar-refractivity contribution in [2.75, 3.05) is 19.8 Å². The quantitative estimate of drug-likeness (QED) is 0.532. The summed E-state index contributed by atoms with van der Waals surface area (Å²) in [5, 5.41) is 3.57. The van der Waals surface area contributed by atoms with Crippen LogP contribution in [0.3, 0.4) is 0 Å². The minimum Gasteiger partial charge on any atom is -0.381 e. The van der Waals surface area contributed by atoms with Crippen molar-refractivity contribution in [2.45, 2.75) is 38.6 Å². The van der Waals surface area contributed by atoms with Gasteiger partial charge in [-0.15, -0.1) is 0 Å². The minimum atomic E-state index is 0.688. The second-order valence-corrected chi connectivity index (χ2v) is 3.55. The van der Waals surface area contributed by atoms with Gasteiger partial charge in [-0.3, -0.25) is 0 Å². The number of rotatable bonds is 4. The molecular weight excluding hydrogens is 162 g/mol. The molecule has 0 aromatic rings. The molecule has 1 unspecified atom stereocenters. The highest BCUT2D eigenvalue weighted by Gasteiger charge is 2.10. The lowest BCUT2D eigenvalue weighted by atomic mass is 10.1. The van der Waals surface area contributed by atoms with Crippen molar-refractivity contribution in [1.29, 1.82) is 0 Å². The van der Waals surface area contributed by atoms with Gasteiger partial charge in [0.25, 0.3) is 0 Å². The van der Waals surface area contributed by atoms with Crippen LogP contribution in [0.5, 0.6) is 0 Å². The van der Waals surface area contributed by atoms with Gasteiger partial charge < -0.3 is 10.1 Å². The fourth-order valence-electron chi connectivity index (χ4n) is 1.65. The van der Waals surface area contributed by atoms with E-state index in [4.69, 9.17) is 4.74 Å². The molecular formula is C11H21NO. The Kier molecular flexibility index (Phi) is 5.87. The van der Waals surface area contributed by atoms with Crippen molar-refractivity contribution in [2.24, 2.45) is 0 Å². The predicted octanol–water partition coefficient (Wildman–Crippen LogP) is 2.11. The van der Waals surface area contributed by atoms with Gasteiger partial charge in [0.1, 0.15) is 0 Å². The molecule has 1 aliphatic rings. The van der Waals surface area contributed by atoms with Gasteiger partial charge in [-0.2, -0.15) is 0 Å². The lowest BCUT2D eigenvalue weighted by Crippen LogP contribution is -2.29. The molecule has 0 amide bonds. The predicted molar refractivity (Wildman–Crippen MR) is 55.9 cm³/mol. The van der Waals surface area contributed by atoms with Crippen molar-refractivity contribution in [3.05, 3.63) is 12.2 Å². The summed E-state index contributed by atoms with van der Waals surface area (Å²) in [4.78, 5) is 0. The van der Waals surface area contributed by atoms with Crippen molar-refractivity contribution in [3.8, 4) is 0 Å². The Morgan fingerprint density at radius 1 is 1.38 bits per heavy atom. The van der Waals surface area contributed by atoms with Gasteiger partial charge in [0.05, 0.1) is 0 Å². The third-order valence-corrected chi connectivity index (χ3v) is 2.43. The molecule has 2 nitrogen and oxygen atoms in total. The Morgan fingerprint density at radius 2 is 2.31 bits per heavy atom. The highest BCUT2D eigenvalue weighted by Crippen LogP contribution is 2.07. The Hall–Kier alpha value is -0.340. The zero-order chi connectivity index (χ0) is 9.36. The van der Waals surface area contributed by atoms with E-state index in [-0.39, 0.29) is 0 Å². The highest BCUT2D eigenvalue weighted by molar-refractivity contribution is 4.79. The molecule has 0 spiro atoms. The molecule has 1 rings (SSSR count). The van der Waals surface area contributed by atoms with E-state index in [1.807, 2.05) is 0 Å². The van der Waals surface area contributed by atoms with Crippen LogP contribution in [0.1, 0.15) is 32.6 Å². The maximum atomic E-state index is 5.40. The summed E-state index contributed by atoms with van der Waals surface area (Å²) in [7, 11) is 0. The molecule has 1 N–H and O–H groups in total. The molecule has 1 atom stereocenters. The first-order valence-corrected chi connectivity index (χ1v) is 5.36. The first kappa shape index (κ1) is 10.7. The van der Waals surface area contributed by atoms with Crippen LogP contribution in [0.4, 0.5) is 0 Å². The Morgan fingerprint density at radius 3 is 3.15 bits per heavy atom. The van der Waals surface area contributed by atoms with Gasteiger partial charge in [0.2, 0.25) is 0 Å². The van der Waals surface area contributed by atoms with Crippen LogP contribution in [0.25, 0.3) is 0 Å². The standard InChI is InChI=1S/C11H21NO/c1-2-3-4-8-12-11-6-5-9-13-10-7-11/h2-3,11-12H,4-10H2,1H3/b3-2+. The maximum Gasteiger partial charge on any atom is 0.0480 e. The van der Waals surface area contributed by atoms with Gasteiger partial charge in [-0.25, -0.2) is 0 Å². The average Bonchev–Trinajstić information content (AvgIpc) is 2.41. The molecule has 2 heteroatoms. The lowest BCUT2D eigenvalue weighted by Gasteiger charge is -2.14. The van der Waals surface area contributed by atoms with Crippen molar-refractivity contribution in [1.82, 2.24) is 5.32 Å². The molecule has 0 aromatic carbocycles.